The number of nitrogens with zero attached hydrogens (tertiary/aromatic N) is 4. The molecule has 1 amide bonds. The van der Waals surface area contributed by atoms with E-state index in [4.69, 9.17) is 9.97 Å². The SMILES string of the molecule is CCN(CC)c1nc(-c2ccccc2)nc2c1CN(C(=O)Cc1ccccc1)CC2. The quantitative estimate of drug-likeness (QED) is 0.625. The standard InChI is InChI=1S/C25H28N4O/c1-3-28(4-2)25-21-18-29(23(30)17-19-11-7-5-8-12-19)16-15-22(21)26-24(27-25)20-13-9-6-10-14-20/h5-14H,3-4,15-18H2,1-2H3. The maximum Gasteiger partial charge on any atom is 0.227 e. The lowest BCUT2D eigenvalue weighted by Crippen LogP contribution is -2.39. The molecular weight excluding hydrogens is 372 g/mol. The van der Waals surface area contributed by atoms with E-state index < -0.39 is 0 Å². The molecule has 30 heavy (non-hydrogen) atoms. The number of rotatable bonds is 6. The van der Waals surface area contributed by atoms with Crippen molar-refractivity contribution >= 4 is 11.7 Å². The maximum atomic E-state index is 13.0. The molecule has 154 valence electrons. The minimum absolute atomic E-state index is 0.157. The topological polar surface area (TPSA) is 49.3 Å². The predicted molar refractivity (Wildman–Crippen MR) is 120 cm³/mol. The number of anilines is 1. The van der Waals surface area contributed by atoms with E-state index in [2.05, 4.69) is 18.7 Å². The lowest BCUT2D eigenvalue weighted by Gasteiger charge is -2.32. The van der Waals surface area contributed by atoms with E-state index in [9.17, 15) is 4.79 Å². The lowest BCUT2D eigenvalue weighted by atomic mass is 10.0. The molecule has 5 heteroatoms. The smallest absolute Gasteiger partial charge is 0.227 e. The first kappa shape index (κ1) is 20.1. The number of aromatic nitrogens is 2. The molecule has 2 heterocycles. The molecule has 3 aromatic rings. The predicted octanol–water partition coefficient (Wildman–Crippen LogP) is 4.12. The summed E-state index contributed by atoms with van der Waals surface area (Å²) in [6.07, 6.45) is 1.19. The van der Waals surface area contributed by atoms with Gasteiger partial charge in [0.25, 0.3) is 0 Å². The Bertz CT molecular complexity index is 1000. The van der Waals surface area contributed by atoms with Crippen LogP contribution in [0.1, 0.15) is 30.7 Å². The van der Waals surface area contributed by atoms with Crippen LogP contribution in [-0.4, -0.2) is 40.4 Å². The van der Waals surface area contributed by atoms with Crippen molar-refractivity contribution < 1.29 is 4.79 Å². The van der Waals surface area contributed by atoms with Crippen LogP contribution in [0.3, 0.4) is 0 Å². The van der Waals surface area contributed by atoms with Crippen molar-refractivity contribution in [2.24, 2.45) is 0 Å². The van der Waals surface area contributed by atoms with E-state index in [1.807, 2.05) is 65.6 Å². The minimum atomic E-state index is 0.157. The first-order valence-corrected chi connectivity index (χ1v) is 10.7. The molecular formula is C25H28N4O. The largest absolute Gasteiger partial charge is 0.357 e. The summed E-state index contributed by atoms with van der Waals surface area (Å²) in [6.45, 7) is 7.28. The first-order chi connectivity index (χ1) is 14.7. The molecule has 4 rings (SSSR count). The fourth-order valence-corrected chi connectivity index (χ4v) is 3.99. The summed E-state index contributed by atoms with van der Waals surface area (Å²) in [7, 11) is 0. The van der Waals surface area contributed by atoms with Crippen LogP contribution in [0.4, 0.5) is 5.82 Å². The molecule has 0 aliphatic carbocycles. The van der Waals surface area contributed by atoms with Crippen LogP contribution in [-0.2, 0) is 24.2 Å². The highest BCUT2D eigenvalue weighted by Crippen LogP contribution is 2.30. The normalized spacial score (nSPS) is 13.1. The Kier molecular flexibility index (Phi) is 6.07. The van der Waals surface area contributed by atoms with Crippen LogP contribution in [0.15, 0.2) is 60.7 Å². The van der Waals surface area contributed by atoms with Gasteiger partial charge >= 0.3 is 0 Å². The van der Waals surface area contributed by atoms with Gasteiger partial charge in [0.2, 0.25) is 5.91 Å². The van der Waals surface area contributed by atoms with Crippen LogP contribution in [0.2, 0.25) is 0 Å². The third-order valence-corrected chi connectivity index (χ3v) is 5.68. The van der Waals surface area contributed by atoms with Gasteiger partial charge in [-0.2, -0.15) is 0 Å². The summed E-state index contributed by atoms with van der Waals surface area (Å²) in [5, 5.41) is 0. The number of hydrogen-bond donors (Lipinski definition) is 0. The van der Waals surface area contributed by atoms with Crippen molar-refractivity contribution in [2.75, 3.05) is 24.5 Å². The molecule has 0 spiro atoms. The number of carbonyl (C=O) groups excluding carboxylic acids is 1. The molecule has 0 saturated heterocycles. The third-order valence-electron chi connectivity index (χ3n) is 5.68. The van der Waals surface area contributed by atoms with Crippen LogP contribution < -0.4 is 4.90 Å². The molecule has 5 nitrogen and oxygen atoms in total. The zero-order valence-electron chi connectivity index (χ0n) is 17.7. The second-order valence-electron chi connectivity index (χ2n) is 7.56. The van der Waals surface area contributed by atoms with Crippen molar-refractivity contribution in [3.05, 3.63) is 77.5 Å². The minimum Gasteiger partial charge on any atom is -0.357 e. The van der Waals surface area contributed by atoms with Crippen molar-refractivity contribution in [2.45, 2.75) is 33.2 Å². The summed E-state index contributed by atoms with van der Waals surface area (Å²) >= 11 is 0. The Balaban J connectivity index is 1.66. The van der Waals surface area contributed by atoms with E-state index in [0.29, 0.717) is 19.5 Å². The molecule has 0 saturated carbocycles. The molecule has 1 aromatic heterocycles. The molecule has 0 N–H and O–H groups in total. The van der Waals surface area contributed by atoms with Gasteiger partial charge < -0.3 is 9.80 Å². The van der Waals surface area contributed by atoms with Crippen molar-refractivity contribution in [3.63, 3.8) is 0 Å². The summed E-state index contributed by atoms with van der Waals surface area (Å²) in [4.78, 5) is 27.0. The summed E-state index contributed by atoms with van der Waals surface area (Å²) < 4.78 is 0. The summed E-state index contributed by atoms with van der Waals surface area (Å²) in [5.74, 6) is 1.88. The molecule has 1 aliphatic heterocycles. The second-order valence-corrected chi connectivity index (χ2v) is 7.56. The number of amides is 1. The van der Waals surface area contributed by atoms with Gasteiger partial charge in [-0.05, 0) is 19.4 Å². The highest BCUT2D eigenvalue weighted by Gasteiger charge is 2.27. The number of hydrogen-bond acceptors (Lipinski definition) is 4. The highest BCUT2D eigenvalue weighted by molar-refractivity contribution is 5.79. The van der Waals surface area contributed by atoms with Gasteiger partial charge in [0.15, 0.2) is 5.82 Å². The summed E-state index contributed by atoms with van der Waals surface area (Å²) in [6, 6.07) is 20.1. The number of benzene rings is 2. The first-order valence-electron chi connectivity index (χ1n) is 10.7. The maximum absolute atomic E-state index is 13.0. The molecule has 0 bridgehead atoms. The fraction of sp³-hybridized carbons (Fsp3) is 0.320. The Hall–Kier alpha value is -3.21. The van der Waals surface area contributed by atoms with Crippen molar-refractivity contribution in [3.8, 4) is 11.4 Å². The lowest BCUT2D eigenvalue weighted by molar-refractivity contribution is -0.131. The number of carbonyl (C=O) groups is 1. The zero-order valence-corrected chi connectivity index (χ0v) is 17.7. The molecule has 0 fully saturated rings. The molecule has 1 aliphatic rings. The van der Waals surface area contributed by atoms with E-state index >= 15 is 0 Å². The van der Waals surface area contributed by atoms with Gasteiger partial charge in [-0.3, -0.25) is 4.79 Å². The van der Waals surface area contributed by atoms with Gasteiger partial charge in [0, 0.05) is 37.2 Å². The molecule has 2 aromatic carbocycles. The van der Waals surface area contributed by atoms with E-state index in [0.717, 1.165) is 53.5 Å². The third kappa shape index (κ3) is 4.20. The summed E-state index contributed by atoms with van der Waals surface area (Å²) in [5.41, 5.74) is 4.23. The Morgan fingerprint density at radius 2 is 1.63 bits per heavy atom. The van der Waals surface area contributed by atoms with Gasteiger partial charge in [0.1, 0.15) is 5.82 Å². The number of fused-ring (bicyclic) bond motifs is 1. The Labute approximate surface area is 178 Å². The van der Waals surface area contributed by atoms with Gasteiger partial charge in [-0.1, -0.05) is 60.7 Å². The van der Waals surface area contributed by atoms with Gasteiger partial charge in [0.05, 0.1) is 18.7 Å². The zero-order chi connectivity index (χ0) is 20.9. The van der Waals surface area contributed by atoms with Crippen molar-refractivity contribution in [1.29, 1.82) is 0 Å². The van der Waals surface area contributed by atoms with E-state index in [1.54, 1.807) is 0 Å². The highest BCUT2D eigenvalue weighted by atomic mass is 16.2. The Morgan fingerprint density at radius 3 is 2.30 bits per heavy atom. The van der Waals surface area contributed by atoms with Crippen LogP contribution in [0.25, 0.3) is 11.4 Å². The average Bonchev–Trinajstić information content (AvgIpc) is 2.80. The van der Waals surface area contributed by atoms with Crippen LogP contribution in [0.5, 0.6) is 0 Å². The fourth-order valence-electron chi connectivity index (χ4n) is 3.99. The second kappa shape index (κ2) is 9.08. The van der Waals surface area contributed by atoms with Crippen molar-refractivity contribution in [1.82, 2.24) is 14.9 Å². The molecule has 0 atom stereocenters. The Morgan fingerprint density at radius 1 is 0.967 bits per heavy atom. The monoisotopic (exact) mass is 400 g/mol. The van der Waals surface area contributed by atoms with Gasteiger partial charge in [-0.25, -0.2) is 9.97 Å². The van der Waals surface area contributed by atoms with Crippen LogP contribution in [0, 0.1) is 0 Å². The average molecular weight is 401 g/mol. The van der Waals surface area contributed by atoms with E-state index in [1.165, 1.54) is 0 Å². The van der Waals surface area contributed by atoms with E-state index in [-0.39, 0.29) is 5.91 Å². The van der Waals surface area contributed by atoms with Gasteiger partial charge in [-0.15, -0.1) is 0 Å². The van der Waals surface area contributed by atoms with Crippen LogP contribution >= 0.6 is 0 Å². The molecule has 0 radical (unpaired) electrons. The molecule has 0 unspecified atom stereocenters.